The van der Waals surface area contributed by atoms with Crippen molar-refractivity contribution >= 4 is 124 Å². The quantitative estimate of drug-likeness (QED) is 0.0188. The summed E-state index contributed by atoms with van der Waals surface area (Å²) in [4.78, 5) is 192. The van der Waals surface area contributed by atoms with Crippen LogP contribution >= 0.6 is 25.3 Å². The number of carboxylic acids is 1. The van der Waals surface area contributed by atoms with Crippen LogP contribution in [-0.2, 0) is 94.4 Å². The second-order valence-electron chi connectivity index (χ2n) is 25.7. The van der Waals surface area contributed by atoms with Crippen molar-refractivity contribution in [3.63, 3.8) is 0 Å². The minimum Gasteiger partial charge on any atom is -0.508 e. The van der Waals surface area contributed by atoms with Crippen molar-refractivity contribution in [2.45, 2.75) is 145 Å². The minimum absolute atomic E-state index is 0.0430. The second-order valence-corrected chi connectivity index (χ2v) is 26.5. The zero-order chi connectivity index (χ0) is 77.3. The molecule has 35 heteroatoms. The number of carbonyl (C=O) groups excluding carboxylic acids is 12. The van der Waals surface area contributed by atoms with Gasteiger partial charge in [0.05, 0.1) is 31.4 Å². The molecule has 21 N–H and O–H groups in total. The molecular formula is C71H89N17O16S2. The maximum Gasteiger partial charge on any atom is 0.305 e. The smallest absolute Gasteiger partial charge is 0.305 e. The van der Waals surface area contributed by atoms with Gasteiger partial charge in [0.25, 0.3) is 0 Å². The van der Waals surface area contributed by atoms with Gasteiger partial charge in [-0.25, -0.2) is 4.98 Å². The number of nitrogens with two attached hydrogens (primary N) is 2. The van der Waals surface area contributed by atoms with E-state index in [0.717, 1.165) is 5.39 Å². The van der Waals surface area contributed by atoms with Gasteiger partial charge >= 0.3 is 5.97 Å². The summed E-state index contributed by atoms with van der Waals surface area (Å²) in [5, 5.41) is 60.7. The summed E-state index contributed by atoms with van der Waals surface area (Å²) in [6.45, 7) is 5.09. The Bertz CT molecular complexity index is 4230. The summed E-state index contributed by atoms with van der Waals surface area (Å²) in [5.74, 6) is -13.8. The highest BCUT2D eigenvalue weighted by molar-refractivity contribution is 7.80. The van der Waals surface area contributed by atoms with E-state index in [0.29, 0.717) is 44.4 Å². The average molecular weight is 1500 g/mol. The van der Waals surface area contributed by atoms with E-state index in [-0.39, 0.29) is 43.6 Å². The molecule has 0 saturated heterocycles. The number of aromatic nitrogens is 4. The Morgan fingerprint density at radius 3 is 1.53 bits per heavy atom. The van der Waals surface area contributed by atoms with E-state index < -0.39 is 180 Å². The van der Waals surface area contributed by atoms with E-state index in [2.05, 4.69) is 104 Å². The Kier molecular flexibility index (Phi) is 30.6. The predicted octanol–water partition coefficient (Wildman–Crippen LogP) is -1.85. The Morgan fingerprint density at radius 1 is 0.481 bits per heavy atom. The number of para-hydroxylation sites is 2. The number of benzene rings is 4. The number of nitrogens with one attached hydrogen (secondary N) is 14. The number of imidazole rings is 1. The topological polar surface area (TPSA) is 527 Å². The molecule has 3 aromatic heterocycles. The number of aliphatic hydroxyl groups excluding tert-OH is 1. The van der Waals surface area contributed by atoms with Gasteiger partial charge < -0.3 is 100 Å². The highest BCUT2D eigenvalue weighted by Gasteiger charge is 2.38. The fraction of sp³-hybridized carbons (Fsp3) is 0.380. The Balaban J connectivity index is 1.11. The fourth-order valence-electron chi connectivity index (χ4n) is 11.4. The number of fused-ring (bicyclic) bond motifs is 2. The zero-order valence-electron chi connectivity index (χ0n) is 58.3. The lowest BCUT2D eigenvalue weighted by Crippen LogP contribution is -2.61. The number of rotatable bonds is 40. The van der Waals surface area contributed by atoms with E-state index in [9.17, 15) is 72.9 Å². The summed E-state index contributed by atoms with van der Waals surface area (Å²) in [5.41, 5.74) is 14.9. The van der Waals surface area contributed by atoms with Crippen LogP contribution in [0.3, 0.4) is 0 Å². The first-order valence-corrected chi connectivity index (χ1v) is 35.1. The summed E-state index contributed by atoms with van der Waals surface area (Å²) in [6.07, 6.45) is 1.99. The van der Waals surface area contributed by atoms with Crippen LogP contribution in [0, 0.1) is 5.92 Å². The number of H-pyrrole nitrogens is 3. The van der Waals surface area contributed by atoms with Crippen molar-refractivity contribution < 1.29 is 77.6 Å². The first-order chi connectivity index (χ1) is 50.5. The first kappa shape index (κ1) is 82.0. The molecule has 0 aliphatic rings. The van der Waals surface area contributed by atoms with Gasteiger partial charge in [0.15, 0.2) is 0 Å². The molecule has 0 aliphatic carbocycles. The molecule has 106 heavy (non-hydrogen) atoms. The maximum atomic E-state index is 15.1. The molecule has 566 valence electrons. The highest BCUT2D eigenvalue weighted by Crippen LogP contribution is 2.23. The molecule has 0 saturated carbocycles. The first-order valence-electron chi connectivity index (χ1n) is 33.9. The lowest BCUT2D eigenvalue weighted by atomic mass is 9.99. The van der Waals surface area contributed by atoms with Crippen molar-refractivity contribution in [2.75, 3.05) is 18.1 Å². The number of carbonyl (C=O) groups is 13. The molecule has 0 fully saturated rings. The van der Waals surface area contributed by atoms with Gasteiger partial charge in [-0.3, -0.25) is 62.3 Å². The van der Waals surface area contributed by atoms with Crippen molar-refractivity contribution in [3.8, 4) is 5.75 Å². The second kappa shape index (κ2) is 39.5. The Labute approximate surface area is 619 Å². The summed E-state index contributed by atoms with van der Waals surface area (Å²) < 4.78 is 0. The third kappa shape index (κ3) is 24.4. The van der Waals surface area contributed by atoms with Crippen molar-refractivity contribution in [2.24, 2.45) is 17.4 Å². The molecular weight excluding hydrogens is 1410 g/mol. The molecule has 7 aromatic rings. The number of aliphatic hydroxyl groups is 1. The van der Waals surface area contributed by atoms with Crippen LogP contribution in [0.1, 0.15) is 68.5 Å². The summed E-state index contributed by atoms with van der Waals surface area (Å²) in [6, 6.07) is 12.4. The number of aromatic amines is 3. The number of thiol groups is 2. The molecule has 0 spiro atoms. The lowest BCUT2D eigenvalue weighted by Gasteiger charge is -2.29. The van der Waals surface area contributed by atoms with Gasteiger partial charge in [-0.2, -0.15) is 25.3 Å². The van der Waals surface area contributed by atoms with E-state index >= 15 is 4.79 Å². The molecule has 12 amide bonds. The number of carboxylic acid groups (broad SMARTS) is 1. The van der Waals surface area contributed by atoms with Gasteiger partial charge in [0, 0.05) is 95.7 Å². The normalized spacial score (nSPS) is 14.7. The minimum atomic E-state index is -1.81. The number of phenolic OH excluding ortho intramolecular Hbond substituents is 1. The summed E-state index contributed by atoms with van der Waals surface area (Å²) >= 11 is 8.40. The van der Waals surface area contributed by atoms with E-state index in [1.54, 1.807) is 93.0 Å². The number of phenols is 1. The molecule has 0 bridgehead atoms. The van der Waals surface area contributed by atoms with E-state index in [1.165, 1.54) is 50.6 Å². The third-order valence-electron chi connectivity index (χ3n) is 17.1. The van der Waals surface area contributed by atoms with Crippen LogP contribution in [0.2, 0.25) is 0 Å². The van der Waals surface area contributed by atoms with Crippen molar-refractivity contribution in [1.29, 1.82) is 0 Å². The van der Waals surface area contributed by atoms with Gasteiger partial charge in [-0.15, -0.1) is 0 Å². The third-order valence-corrected chi connectivity index (χ3v) is 17.8. The van der Waals surface area contributed by atoms with Crippen molar-refractivity contribution in [3.05, 3.63) is 156 Å². The fourth-order valence-corrected chi connectivity index (χ4v) is 11.8. The molecule has 7 rings (SSSR count). The molecule has 0 radical (unpaired) electrons. The molecule has 4 aromatic carbocycles. The van der Waals surface area contributed by atoms with Gasteiger partial charge in [-0.05, 0) is 72.7 Å². The van der Waals surface area contributed by atoms with Crippen LogP contribution in [0.4, 0.5) is 0 Å². The standard InChI is InChI=1S/C71H89N17O16S2/c1-36(2)60(87-67(100)53(25-42-30-76-50-17-11-9-15-47(42)50)84-66(99)55(28-59(93)94)82-62(95)37(3)79-63(96)48(72)33-105)70(103)86-56(34-106)69(102)83-52(23-40-18-20-45(90)21-19-40)65(98)80-43(24-41-29-75-49-16-10-8-14-46(41)49)27-58(92)81-54(26-44-31-74-35-78-44)68(101)88-61(38(4)89)71(104)85-51(64(97)77-32-57(73)91)22-39-12-6-5-7-13-39/h5-21,29-31,35-38,43,48,51-56,60-61,75-76,89-90,105-106H,22-28,32-34,72H2,1-4H3,(H2,73,91)(H,74,78)(H,77,97)(H,79,96)(H,80,98)(H,81,92)(H,82,95)(H,83,102)(H,84,99)(H,85,104)(H,86,103)(H,87,100)(H,88,101)(H,93,94)/t37-,38+,43-,48-,51-,52-,53-,54-,55-,56-,60-,61-/m0/s1. The number of aromatic hydroxyl groups is 1. The van der Waals surface area contributed by atoms with Gasteiger partial charge in [-0.1, -0.05) is 92.7 Å². The lowest BCUT2D eigenvalue weighted by molar-refractivity contribution is -0.141. The summed E-state index contributed by atoms with van der Waals surface area (Å²) in [7, 11) is 0. The monoisotopic (exact) mass is 1500 g/mol. The van der Waals surface area contributed by atoms with Gasteiger partial charge in [0.1, 0.15) is 60.1 Å². The van der Waals surface area contributed by atoms with Crippen LogP contribution in [0.15, 0.2) is 128 Å². The van der Waals surface area contributed by atoms with E-state index in [1.807, 2.05) is 12.1 Å². The van der Waals surface area contributed by atoms with Crippen LogP contribution in [0.25, 0.3) is 21.8 Å². The zero-order valence-corrected chi connectivity index (χ0v) is 60.1. The van der Waals surface area contributed by atoms with Crippen molar-refractivity contribution in [1.82, 2.24) is 78.4 Å². The molecule has 3 heterocycles. The molecule has 0 aliphatic heterocycles. The van der Waals surface area contributed by atoms with Crippen LogP contribution in [0.5, 0.6) is 5.75 Å². The molecule has 12 atom stereocenters. The number of hydrogen-bond donors (Lipinski definition) is 21. The molecule has 0 unspecified atom stereocenters. The number of hydrogen-bond acceptors (Lipinski definition) is 19. The van der Waals surface area contributed by atoms with E-state index in [4.69, 9.17) is 11.5 Å². The Hall–Kier alpha value is -11.3. The number of amides is 12. The van der Waals surface area contributed by atoms with Crippen LogP contribution < -0.4 is 70.0 Å². The maximum absolute atomic E-state index is 15.1. The number of nitrogens with zero attached hydrogens (tertiary/aromatic N) is 1. The predicted molar refractivity (Wildman–Crippen MR) is 395 cm³/mol. The Morgan fingerprint density at radius 2 is 0.972 bits per heavy atom. The number of aliphatic carboxylic acids is 1. The average Bonchev–Trinajstić information content (AvgIpc) is 1.65. The highest BCUT2D eigenvalue weighted by atomic mass is 32.1. The largest absolute Gasteiger partial charge is 0.508 e. The SMILES string of the molecule is CC(C)[C@H](NC(=O)[C@H](Cc1c[nH]c2ccccc12)NC(=O)[C@H](CC(=O)O)NC(=O)[C@H](C)NC(=O)[C@@H](N)CS)C(=O)N[C@@H](CS)C(=O)N[C@@H](Cc1ccc(O)cc1)C(=O)N[C@H](CC(=O)N[C@@H](Cc1cnc[nH]1)C(=O)N[C@H](C(=O)N[C@@H](Cc1ccccc1)C(=O)NCC(N)=O)[C@@H](C)O)Cc1c[nH]c2ccccc12. The van der Waals surface area contributed by atoms with Gasteiger partial charge in [0.2, 0.25) is 70.9 Å². The number of primary amides is 1. The molecule has 33 nitrogen and oxygen atoms in total. The van der Waals surface area contributed by atoms with Crippen LogP contribution in [-0.4, -0.2) is 203 Å².